The molecule has 0 aromatic heterocycles. The van der Waals surface area contributed by atoms with Crippen LogP contribution in [0.1, 0.15) is 20.8 Å². The topological polar surface area (TPSA) is 50.4 Å². The molecule has 0 unspecified atom stereocenters. The van der Waals surface area contributed by atoms with Crippen molar-refractivity contribution in [1.29, 1.82) is 0 Å². The largest absolute Gasteiger partial charge is 0.495 e. The van der Waals surface area contributed by atoms with E-state index in [0.717, 1.165) is 0 Å². The molecule has 0 aliphatic rings. The van der Waals surface area contributed by atoms with Crippen LogP contribution in [0, 0.1) is 11.2 Å². The highest BCUT2D eigenvalue weighted by Crippen LogP contribution is 2.24. The van der Waals surface area contributed by atoms with Crippen LogP contribution < -0.4 is 15.4 Å². The van der Waals surface area contributed by atoms with Crippen LogP contribution in [0.5, 0.6) is 5.75 Å². The lowest BCUT2D eigenvalue weighted by Crippen LogP contribution is -2.35. The molecule has 0 heterocycles. The molecule has 5 heteroatoms. The van der Waals surface area contributed by atoms with Crippen LogP contribution in [0.2, 0.25) is 0 Å². The fraction of sp³-hybridized carbons (Fsp3) is 0.462. The van der Waals surface area contributed by atoms with Gasteiger partial charge in [-0.2, -0.15) is 0 Å². The Kier molecular flexibility index (Phi) is 4.53. The molecule has 0 bridgehead atoms. The van der Waals surface area contributed by atoms with E-state index in [0.29, 0.717) is 18.0 Å². The summed E-state index contributed by atoms with van der Waals surface area (Å²) in [5.41, 5.74) is 0.299. The number of nitrogens with one attached hydrogen (secondary N) is 2. The molecule has 0 radical (unpaired) electrons. The van der Waals surface area contributed by atoms with Gasteiger partial charge in [-0.1, -0.05) is 20.8 Å². The summed E-state index contributed by atoms with van der Waals surface area (Å²) in [5.74, 6) is -0.00997. The minimum Gasteiger partial charge on any atom is -0.495 e. The number of hydrogen-bond acceptors (Lipinski definition) is 2. The standard InChI is InChI=1S/C13H19FN2O2/c1-13(2,3)8-15-12(17)16-10-7-9(14)5-6-11(10)18-4/h5-7H,8H2,1-4H3,(H2,15,16,17). The van der Waals surface area contributed by atoms with Gasteiger partial charge >= 0.3 is 6.03 Å². The molecule has 0 fully saturated rings. The monoisotopic (exact) mass is 254 g/mol. The Morgan fingerprint density at radius 2 is 2.06 bits per heavy atom. The molecule has 18 heavy (non-hydrogen) atoms. The number of rotatable bonds is 3. The third-order valence-corrected chi connectivity index (χ3v) is 2.19. The SMILES string of the molecule is COc1ccc(F)cc1NC(=O)NCC(C)(C)C. The van der Waals surface area contributed by atoms with Gasteiger partial charge in [0.15, 0.2) is 0 Å². The van der Waals surface area contributed by atoms with Gasteiger partial charge in [-0.25, -0.2) is 9.18 Å². The Labute approximate surface area is 107 Å². The van der Waals surface area contributed by atoms with Gasteiger partial charge in [0.1, 0.15) is 11.6 Å². The van der Waals surface area contributed by atoms with Crippen LogP contribution in [-0.2, 0) is 0 Å². The summed E-state index contributed by atoms with van der Waals surface area (Å²) in [6, 6.07) is 3.58. The van der Waals surface area contributed by atoms with E-state index in [9.17, 15) is 9.18 Å². The lowest BCUT2D eigenvalue weighted by atomic mass is 9.97. The maximum Gasteiger partial charge on any atom is 0.319 e. The van der Waals surface area contributed by atoms with Gasteiger partial charge in [0.25, 0.3) is 0 Å². The average Bonchev–Trinajstić information content (AvgIpc) is 2.26. The van der Waals surface area contributed by atoms with Crippen molar-refractivity contribution in [2.24, 2.45) is 5.41 Å². The number of carbonyl (C=O) groups excluding carboxylic acids is 1. The molecule has 0 saturated carbocycles. The first-order valence-corrected chi connectivity index (χ1v) is 5.70. The van der Waals surface area contributed by atoms with Crippen LogP contribution in [0.4, 0.5) is 14.9 Å². The lowest BCUT2D eigenvalue weighted by Gasteiger charge is -2.19. The van der Waals surface area contributed by atoms with E-state index in [2.05, 4.69) is 10.6 Å². The summed E-state index contributed by atoms with van der Waals surface area (Å²) in [5, 5.41) is 5.27. The molecule has 0 spiro atoms. The predicted molar refractivity (Wildman–Crippen MR) is 69.4 cm³/mol. The lowest BCUT2D eigenvalue weighted by molar-refractivity contribution is 0.246. The molecule has 100 valence electrons. The number of amides is 2. The molecule has 4 nitrogen and oxygen atoms in total. The molecular weight excluding hydrogens is 235 g/mol. The normalized spacial score (nSPS) is 10.9. The summed E-state index contributed by atoms with van der Waals surface area (Å²) < 4.78 is 18.1. The van der Waals surface area contributed by atoms with Gasteiger partial charge in [-0.05, 0) is 17.5 Å². The van der Waals surface area contributed by atoms with Crippen molar-refractivity contribution >= 4 is 11.7 Å². The zero-order valence-electron chi connectivity index (χ0n) is 11.1. The van der Waals surface area contributed by atoms with E-state index in [1.54, 1.807) is 0 Å². The second kappa shape index (κ2) is 5.71. The number of hydrogen-bond donors (Lipinski definition) is 2. The van der Waals surface area contributed by atoms with Crippen molar-refractivity contribution in [1.82, 2.24) is 5.32 Å². The van der Waals surface area contributed by atoms with Gasteiger partial charge < -0.3 is 15.4 Å². The Morgan fingerprint density at radius 3 is 2.61 bits per heavy atom. The maximum atomic E-state index is 13.1. The molecule has 1 rings (SSSR count). The average molecular weight is 254 g/mol. The maximum absolute atomic E-state index is 13.1. The predicted octanol–water partition coefficient (Wildman–Crippen LogP) is 3.00. The Bertz CT molecular complexity index is 427. The summed E-state index contributed by atoms with van der Waals surface area (Å²) >= 11 is 0. The summed E-state index contributed by atoms with van der Waals surface area (Å²) in [4.78, 5) is 11.6. The minimum atomic E-state index is -0.429. The van der Waals surface area contributed by atoms with E-state index in [1.165, 1.54) is 25.3 Å². The number of ether oxygens (including phenoxy) is 1. The highest BCUT2D eigenvalue weighted by atomic mass is 19.1. The van der Waals surface area contributed by atoms with Gasteiger partial charge in [0.05, 0.1) is 12.8 Å². The Morgan fingerprint density at radius 1 is 1.39 bits per heavy atom. The highest BCUT2D eigenvalue weighted by molar-refractivity contribution is 5.90. The zero-order chi connectivity index (χ0) is 13.8. The molecular formula is C13H19FN2O2. The Hall–Kier alpha value is -1.78. The summed E-state index contributed by atoms with van der Waals surface area (Å²) in [6.45, 7) is 6.55. The molecule has 2 amide bonds. The van der Waals surface area contributed by atoms with Crippen molar-refractivity contribution in [3.05, 3.63) is 24.0 Å². The van der Waals surface area contributed by atoms with Gasteiger partial charge in [-0.3, -0.25) is 0 Å². The quantitative estimate of drug-likeness (QED) is 0.871. The highest BCUT2D eigenvalue weighted by Gasteiger charge is 2.13. The van der Waals surface area contributed by atoms with Crippen LogP contribution in [-0.4, -0.2) is 19.7 Å². The number of benzene rings is 1. The molecule has 0 aliphatic carbocycles. The Balaban J connectivity index is 2.66. The van der Waals surface area contributed by atoms with Crippen molar-refractivity contribution in [3.8, 4) is 5.75 Å². The molecule has 0 atom stereocenters. The third-order valence-electron chi connectivity index (χ3n) is 2.19. The van der Waals surface area contributed by atoms with E-state index >= 15 is 0 Å². The first kappa shape index (κ1) is 14.3. The van der Waals surface area contributed by atoms with Crippen molar-refractivity contribution < 1.29 is 13.9 Å². The fourth-order valence-electron chi connectivity index (χ4n) is 1.29. The van der Waals surface area contributed by atoms with E-state index in [-0.39, 0.29) is 11.4 Å². The van der Waals surface area contributed by atoms with Gasteiger partial charge in [-0.15, -0.1) is 0 Å². The van der Waals surface area contributed by atoms with E-state index in [1.807, 2.05) is 20.8 Å². The zero-order valence-corrected chi connectivity index (χ0v) is 11.1. The number of carbonyl (C=O) groups is 1. The van der Waals surface area contributed by atoms with Gasteiger partial charge in [0, 0.05) is 12.6 Å². The third kappa shape index (κ3) is 4.61. The number of halogens is 1. The molecule has 2 N–H and O–H groups in total. The number of anilines is 1. The smallest absolute Gasteiger partial charge is 0.319 e. The number of urea groups is 1. The van der Waals surface area contributed by atoms with Crippen LogP contribution in [0.15, 0.2) is 18.2 Å². The van der Waals surface area contributed by atoms with Crippen LogP contribution in [0.25, 0.3) is 0 Å². The van der Waals surface area contributed by atoms with Crippen LogP contribution in [0.3, 0.4) is 0 Å². The number of methoxy groups -OCH3 is 1. The first-order chi connectivity index (χ1) is 8.31. The van der Waals surface area contributed by atoms with Crippen molar-refractivity contribution in [2.75, 3.05) is 19.0 Å². The second-order valence-corrected chi connectivity index (χ2v) is 5.21. The molecule has 0 saturated heterocycles. The van der Waals surface area contributed by atoms with Crippen molar-refractivity contribution in [2.45, 2.75) is 20.8 Å². The minimum absolute atomic E-state index is 0.0106. The summed E-state index contributed by atoms with van der Waals surface area (Å²) in [6.07, 6.45) is 0. The van der Waals surface area contributed by atoms with Gasteiger partial charge in [0.2, 0.25) is 0 Å². The van der Waals surface area contributed by atoms with E-state index < -0.39 is 5.82 Å². The first-order valence-electron chi connectivity index (χ1n) is 5.70. The van der Waals surface area contributed by atoms with Crippen LogP contribution >= 0.6 is 0 Å². The summed E-state index contributed by atoms with van der Waals surface area (Å²) in [7, 11) is 1.46. The molecule has 1 aromatic carbocycles. The molecule has 1 aromatic rings. The van der Waals surface area contributed by atoms with Crippen molar-refractivity contribution in [3.63, 3.8) is 0 Å². The second-order valence-electron chi connectivity index (χ2n) is 5.21. The fourth-order valence-corrected chi connectivity index (χ4v) is 1.29. The molecule has 0 aliphatic heterocycles. The van der Waals surface area contributed by atoms with E-state index in [4.69, 9.17) is 4.74 Å².